The third-order valence-electron chi connectivity index (χ3n) is 4.06. The second kappa shape index (κ2) is 7.86. The molecule has 158 valence electrons. The Hall–Kier alpha value is -3.27. The van der Waals surface area contributed by atoms with Crippen LogP contribution < -0.4 is 10.6 Å². The number of amides is 2. The fourth-order valence-corrected chi connectivity index (χ4v) is 4.03. The monoisotopic (exact) mass is 447 g/mol. The summed E-state index contributed by atoms with van der Waals surface area (Å²) in [4.78, 5) is 11.6. The summed E-state index contributed by atoms with van der Waals surface area (Å²) in [6.07, 6.45) is -4.05. The lowest BCUT2D eigenvalue weighted by Crippen LogP contribution is -2.40. The molecule has 0 saturated carbocycles. The molecule has 2 N–H and O–H groups in total. The molecule has 0 aliphatic rings. The number of rotatable bonds is 4. The minimum Gasteiger partial charge on any atom is -0.322 e. The molecule has 0 fully saturated rings. The number of nitrogens with one attached hydrogen (secondary N) is 2. The fraction of sp³-hybridized carbons (Fsp3) is 0.235. The zero-order valence-corrected chi connectivity index (χ0v) is 15.8. The molecule has 0 unspecified atom stereocenters. The molecule has 0 aliphatic carbocycles. The lowest BCUT2D eigenvalue weighted by atomic mass is 10.1. The highest BCUT2D eigenvalue weighted by atomic mass is 32.1. The van der Waals surface area contributed by atoms with E-state index in [1.54, 1.807) is 11.4 Å². The zero-order chi connectivity index (χ0) is 22.2. The van der Waals surface area contributed by atoms with Crippen molar-refractivity contribution in [1.82, 2.24) is 15.1 Å². The van der Waals surface area contributed by atoms with Crippen molar-refractivity contribution in [1.29, 1.82) is 5.26 Å². The number of urea groups is 1. The van der Waals surface area contributed by atoms with Crippen molar-refractivity contribution >= 4 is 33.1 Å². The summed E-state index contributed by atoms with van der Waals surface area (Å²) < 4.78 is 82.7. The lowest BCUT2D eigenvalue weighted by Gasteiger charge is -2.21. The normalized spacial score (nSPS) is 12.6. The van der Waals surface area contributed by atoms with Gasteiger partial charge in [0.1, 0.15) is 23.9 Å². The van der Waals surface area contributed by atoms with Gasteiger partial charge < -0.3 is 10.6 Å². The lowest BCUT2D eigenvalue weighted by molar-refractivity contribution is -0.154. The first kappa shape index (κ1) is 21.4. The largest absolute Gasteiger partial charge is 0.413 e. The quantitative estimate of drug-likeness (QED) is 0.565. The third-order valence-corrected chi connectivity index (χ3v) is 5.44. The Bertz CT molecular complexity index is 1160. The zero-order valence-electron chi connectivity index (χ0n) is 14.9. The van der Waals surface area contributed by atoms with Gasteiger partial charge in [0.15, 0.2) is 6.04 Å². The number of nitrogens with zero attached hydrogens (tertiary/aromatic N) is 3. The van der Waals surface area contributed by atoms with Crippen LogP contribution in [-0.4, -0.2) is 22.0 Å². The van der Waals surface area contributed by atoms with Crippen LogP contribution in [0.15, 0.2) is 18.3 Å². The van der Waals surface area contributed by atoms with Gasteiger partial charge >= 0.3 is 12.2 Å². The average molecular weight is 447 g/mol. The van der Waals surface area contributed by atoms with Crippen molar-refractivity contribution in [2.45, 2.75) is 25.7 Å². The minimum absolute atomic E-state index is 0.0483. The first-order chi connectivity index (χ1) is 14.0. The van der Waals surface area contributed by atoms with Gasteiger partial charge in [0.05, 0.1) is 17.0 Å². The Morgan fingerprint density at radius 3 is 2.67 bits per heavy atom. The predicted molar refractivity (Wildman–Crippen MR) is 95.2 cm³/mol. The molecule has 30 heavy (non-hydrogen) atoms. The van der Waals surface area contributed by atoms with E-state index in [0.717, 1.165) is 16.9 Å². The number of aryl methyl sites for hydroxylation is 1. The summed E-state index contributed by atoms with van der Waals surface area (Å²) in [5, 5.41) is 15.4. The Labute approximate surface area is 168 Å². The number of carbonyl (C=O) groups excluding carboxylic acids is 1. The van der Waals surface area contributed by atoms with Gasteiger partial charge in [-0.05, 0) is 18.6 Å². The summed E-state index contributed by atoms with van der Waals surface area (Å²) >= 11 is 0.426. The number of fused-ring (bicyclic) bond motifs is 1. The molecule has 0 bridgehead atoms. The highest BCUT2D eigenvalue weighted by Crippen LogP contribution is 2.42. The molecule has 13 heteroatoms. The van der Waals surface area contributed by atoms with Gasteiger partial charge in [-0.1, -0.05) is 0 Å². The molecular weight excluding hydrogens is 436 g/mol. The highest BCUT2D eigenvalue weighted by molar-refractivity contribution is 7.19. The molecule has 2 heterocycles. The van der Waals surface area contributed by atoms with Gasteiger partial charge in [-0.25, -0.2) is 13.6 Å². The van der Waals surface area contributed by atoms with Crippen LogP contribution in [-0.2, 0) is 6.54 Å². The van der Waals surface area contributed by atoms with Crippen LogP contribution in [0.4, 0.5) is 36.8 Å². The molecule has 0 aliphatic heterocycles. The third kappa shape index (κ3) is 4.18. The van der Waals surface area contributed by atoms with E-state index in [-0.39, 0.29) is 22.2 Å². The summed E-state index contributed by atoms with van der Waals surface area (Å²) in [6, 6.07) is -0.836. The second-order valence-electron chi connectivity index (χ2n) is 6.12. The molecule has 3 rings (SSSR count). The number of thiophene rings is 1. The van der Waals surface area contributed by atoms with E-state index < -0.39 is 46.4 Å². The molecule has 0 saturated heterocycles. The number of carbonyl (C=O) groups is 1. The molecule has 2 aromatic heterocycles. The number of hydrogen-bond acceptors (Lipinski definition) is 4. The average Bonchev–Trinajstić information content (AvgIpc) is 3.13. The van der Waals surface area contributed by atoms with E-state index in [1.807, 2.05) is 5.32 Å². The first-order valence-electron chi connectivity index (χ1n) is 8.13. The molecular formula is C17H11F6N5OS. The predicted octanol–water partition coefficient (Wildman–Crippen LogP) is 4.77. The topological polar surface area (TPSA) is 82.7 Å². The number of aromatic nitrogens is 2. The molecule has 3 aromatic rings. The van der Waals surface area contributed by atoms with E-state index in [0.29, 0.717) is 17.4 Å². The van der Waals surface area contributed by atoms with Crippen molar-refractivity contribution in [3.05, 3.63) is 46.4 Å². The van der Waals surface area contributed by atoms with Gasteiger partial charge in [-0.15, -0.1) is 16.4 Å². The second-order valence-corrected chi connectivity index (χ2v) is 7.17. The SMILES string of the molecule is Cc1c([C@@H](NC(=O)Nc2cn(CC#N)nc2F)C(F)(F)F)sc2c(F)cc(F)cc12. The van der Waals surface area contributed by atoms with Crippen molar-refractivity contribution < 1.29 is 31.1 Å². The van der Waals surface area contributed by atoms with Crippen molar-refractivity contribution in [3.8, 4) is 6.07 Å². The molecule has 1 atom stereocenters. The van der Waals surface area contributed by atoms with Crippen LogP contribution in [0.5, 0.6) is 0 Å². The van der Waals surface area contributed by atoms with Gasteiger partial charge in [-0.3, -0.25) is 4.68 Å². The first-order valence-corrected chi connectivity index (χ1v) is 8.95. The maximum Gasteiger partial charge on any atom is 0.413 e. The van der Waals surface area contributed by atoms with Crippen molar-refractivity contribution in [2.75, 3.05) is 5.32 Å². The van der Waals surface area contributed by atoms with E-state index in [4.69, 9.17) is 5.26 Å². The van der Waals surface area contributed by atoms with E-state index in [2.05, 4.69) is 5.10 Å². The van der Waals surface area contributed by atoms with Crippen molar-refractivity contribution in [2.24, 2.45) is 0 Å². The van der Waals surface area contributed by atoms with Gasteiger partial charge in [-0.2, -0.15) is 22.8 Å². The minimum atomic E-state index is -4.98. The summed E-state index contributed by atoms with van der Waals surface area (Å²) in [5.41, 5.74) is -0.589. The smallest absolute Gasteiger partial charge is 0.322 e. The van der Waals surface area contributed by atoms with Crippen LogP contribution in [0, 0.1) is 35.8 Å². The standard InChI is InChI=1S/C17H11F6N5OS/c1-7-9-4-8(18)5-10(19)13(9)30-12(7)14(17(21,22)23)26-16(29)25-11-6-28(3-2-24)27-15(11)20/h4-6,14H,3H2,1H3,(H2,25,26,29)/t14-/m1/s1. The van der Waals surface area contributed by atoms with Gasteiger partial charge in [0.25, 0.3) is 5.95 Å². The Balaban J connectivity index is 1.92. The van der Waals surface area contributed by atoms with Crippen molar-refractivity contribution in [3.63, 3.8) is 0 Å². The summed E-state index contributed by atoms with van der Waals surface area (Å²) in [5.74, 6) is -3.17. The van der Waals surface area contributed by atoms with E-state index >= 15 is 0 Å². The number of anilines is 1. The molecule has 0 radical (unpaired) electrons. The van der Waals surface area contributed by atoms with Crippen LogP contribution in [0.2, 0.25) is 0 Å². The van der Waals surface area contributed by atoms with Gasteiger partial charge in [0, 0.05) is 16.3 Å². The van der Waals surface area contributed by atoms with Crippen LogP contribution in [0.25, 0.3) is 10.1 Å². The highest BCUT2D eigenvalue weighted by Gasteiger charge is 2.44. The number of nitriles is 1. The number of benzene rings is 1. The number of hydrogen-bond donors (Lipinski definition) is 2. The summed E-state index contributed by atoms with van der Waals surface area (Å²) in [6.45, 7) is 0.908. The molecule has 1 aromatic carbocycles. The van der Waals surface area contributed by atoms with E-state index in [9.17, 15) is 31.1 Å². The van der Waals surface area contributed by atoms with E-state index in [1.165, 1.54) is 6.92 Å². The van der Waals surface area contributed by atoms with Gasteiger partial charge in [0.2, 0.25) is 0 Å². The maximum atomic E-state index is 14.0. The summed E-state index contributed by atoms with van der Waals surface area (Å²) in [7, 11) is 0. The molecule has 2 amide bonds. The van der Waals surface area contributed by atoms with Crippen LogP contribution in [0.3, 0.4) is 0 Å². The number of alkyl halides is 3. The molecule has 6 nitrogen and oxygen atoms in total. The Morgan fingerprint density at radius 2 is 2.03 bits per heavy atom. The van der Waals surface area contributed by atoms with Crippen LogP contribution in [0.1, 0.15) is 16.5 Å². The number of halogens is 6. The maximum absolute atomic E-state index is 14.0. The fourth-order valence-electron chi connectivity index (χ4n) is 2.76. The Kier molecular flexibility index (Phi) is 5.62. The Morgan fingerprint density at radius 1 is 1.33 bits per heavy atom. The van der Waals surface area contributed by atoms with Crippen LogP contribution >= 0.6 is 11.3 Å². The molecule has 0 spiro atoms.